The van der Waals surface area contributed by atoms with Crippen LogP contribution >= 0.6 is 23.1 Å². The van der Waals surface area contributed by atoms with Crippen LogP contribution in [0.2, 0.25) is 0 Å². The average Bonchev–Trinajstić information content (AvgIpc) is 3.52. The lowest BCUT2D eigenvalue weighted by atomic mass is 9.89. The summed E-state index contributed by atoms with van der Waals surface area (Å²) in [7, 11) is -1.07. The van der Waals surface area contributed by atoms with E-state index in [1.54, 1.807) is 26.6 Å². The minimum Gasteiger partial charge on any atom is -0.494 e. The molecule has 65 heavy (non-hydrogen) atoms. The minimum absolute atomic E-state index is 0.0644. The molecular weight excluding hydrogens is 915 g/mol. The van der Waals surface area contributed by atoms with Crippen molar-refractivity contribution < 1.29 is 27.7 Å². The predicted octanol–water partition coefficient (Wildman–Crippen LogP) is 8.42. The van der Waals surface area contributed by atoms with E-state index in [1.165, 1.54) is 17.7 Å². The number of carbonyl (C=O) groups is 2. The van der Waals surface area contributed by atoms with Gasteiger partial charge in [-0.25, -0.2) is 13.8 Å². The summed E-state index contributed by atoms with van der Waals surface area (Å²) >= 11 is 3.61. The van der Waals surface area contributed by atoms with Gasteiger partial charge in [-0.2, -0.15) is 4.98 Å². The fourth-order valence-electron chi connectivity index (χ4n) is 9.61. The molecule has 17 heteroatoms. The summed E-state index contributed by atoms with van der Waals surface area (Å²) in [5, 5.41) is 10.6. The van der Waals surface area contributed by atoms with Crippen molar-refractivity contribution in [3.63, 3.8) is 0 Å². The number of fused-ring (bicyclic) bond motifs is 1. The number of piperidine rings is 2. The van der Waals surface area contributed by atoms with Crippen molar-refractivity contribution in [3.05, 3.63) is 93.2 Å². The molecule has 0 bridgehead atoms. The van der Waals surface area contributed by atoms with Crippen molar-refractivity contribution >= 4 is 79.9 Å². The number of aromatic nitrogens is 3. The van der Waals surface area contributed by atoms with Gasteiger partial charge in [0.2, 0.25) is 17.8 Å². The van der Waals surface area contributed by atoms with Crippen LogP contribution in [0.15, 0.2) is 59.2 Å². The third-order valence-electron chi connectivity index (χ3n) is 12.9. The molecule has 2 aromatic heterocycles. The third kappa shape index (κ3) is 10.5. The zero-order valence-corrected chi connectivity index (χ0v) is 40.1. The van der Waals surface area contributed by atoms with Crippen molar-refractivity contribution in [2.75, 3.05) is 81.8 Å². The number of anilines is 5. The molecule has 13 nitrogen and oxygen atoms in total. The van der Waals surface area contributed by atoms with Crippen molar-refractivity contribution in [3.8, 4) is 5.75 Å². The standard InChI is InChI=1S/C48H57BrF2N9O4P/c1-6-31-26-40(55-48-52-28-35(49)46(57-48)54-39-12-11-38-33(9-8-29(2)53-38)45(39)65(4,5)63)42(64-3)27-41(31)60-20-15-32(16-21-60)59-18-7-17-58(22-23-59)19-14-30-24-36(50)44(37(51)25-30)34-10-13-43(61)56-47(34)62/h8-9,11-12,24-28,32,34H,6-7,10,13-23H2,1-5H3,(H,56,61,62)(H2,52,54,55,57). The first-order valence-corrected chi connectivity index (χ1v) is 25.8. The molecule has 3 N–H and O–H groups in total. The Morgan fingerprint density at radius 1 is 0.923 bits per heavy atom. The quantitative estimate of drug-likeness (QED) is 0.0770. The highest BCUT2D eigenvalue weighted by Crippen LogP contribution is 2.42. The van der Waals surface area contributed by atoms with E-state index in [0.29, 0.717) is 52.2 Å². The minimum atomic E-state index is -2.74. The highest BCUT2D eigenvalue weighted by Gasteiger charge is 2.33. The Labute approximate surface area is 387 Å². The molecule has 3 aliphatic rings. The maximum Gasteiger partial charge on any atom is 0.234 e. The Morgan fingerprint density at radius 3 is 2.40 bits per heavy atom. The van der Waals surface area contributed by atoms with E-state index in [0.717, 1.165) is 98.2 Å². The van der Waals surface area contributed by atoms with Crippen molar-refractivity contribution in [1.82, 2.24) is 30.1 Å². The number of halogens is 3. The Balaban J connectivity index is 0.882. The highest BCUT2D eigenvalue weighted by molar-refractivity contribution is 9.10. The molecule has 1 unspecified atom stereocenters. The number of nitrogens with zero attached hydrogens (tertiary/aromatic N) is 6. The Bertz CT molecular complexity index is 2640. The predicted molar refractivity (Wildman–Crippen MR) is 257 cm³/mol. The lowest BCUT2D eigenvalue weighted by Gasteiger charge is -2.40. The molecule has 3 saturated heterocycles. The SMILES string of the molecule is CCc1cc(Nc2ncc(Br)c(Nc3ccc4nc(C)ccc4c3P(C)(C)=O)n2)c(OC)cc1N1CCC(N2CCCN(CCc3cc(F)c(C4CCC(=O)NC4=O)c(F)c3)CC2)CC1. The van der Waals surface area contributed by atoms with Gasteiger partial charge in [0.05, 0.1) is 34.4 Å². The molecule has 344 valence electrons. The molecular formula is C48H57BrF2N9O4P. The van der Waals surface area contributed by atoms with Gasteiger partial charge in [-0.1, -0.05) is 13.0 Å². The second kappa shape index (κ2) is 19.8. The van der Waals surface area contributed by atoms with E-state index in [4.69, 9.17) is 9.72 Å². The first-order valence-electron chi connectivity index (χ1n) is 22.4. The molecule has 1 atom stereocenters. The van der Waals surface area contributed by atoms with Gasteiger partial charge in [-0.05, 0) is 135 Å². The largest absolute Gasteiger partial charge is 0.494 e. The maximum atomic E-state index is 15.2. The smallest absolute Gasteiger partial charge is 0.234 e. The van der Waals surface area contributed by atoms with E-state index in [1.807, 2.05) is 31.2 Å². The van der Waals surface area contributed by atoms with Gasteiger partial charge in [-0.3, -0.25) is 24.8 Å². The van der Waals surface area contributed by atoms with Gasteiger partial charge in [0.15, 0.2) is 0 Å². The number of nitrogens with one attached hydrogen (secondary N) is 3. The van der Waals surface area contributed by atoms with Gasteiger partial charge in [0.1, 0.15) is 30.3 Å². The number of benzene rings is 3. The van der Waals surface area contributed by atoms with Crippen LogP contribution in [0, 0.1) is 18.6 Å². The van der Waals surface area contributed by atoms with Gasteiger partial charge in [0, 0.05) is 85.1 Å². The molecule has 3 fully saturated rings. The van der Waals surface area contributed by atoms with Crippen LogP contribution in [0.3, 0.4) is 0 Å². The molecule has 0 aliphatic carbocycles. The monoisotopic (exact) mass is 971 g/mol. The van der Waals surface area contributed by atoms with Crippen LogP contribution in [0.4, 0.5) is 37.6 Å². The number of methoxy groups -OCH3 is 1. The second-order valence-electron chi connectivity index (χ2n) is 17.7. The lowest BCUT2D eigenvalue weighted by Crippen LogP contribution is -2.46. The van der Waals surface area contributed by atoms with E-state index in [-0.39, 0.29) is 18.4 Å². The number of rotatable bonds is 13. The molecule has 0 spiro atoms. The second-order valence-corrected chi connectivity index (χ2v) is 21.7. The van der Waals surface area contributed by atoms with E-state index in [2.05, 4.69) is 75.6 Å². The van der Waals surface area contributed by atoms with Gasteiger partial charge in [-0.15, -0.1) is 0 Å². The number of aryl methyl sites for hydroxylation is 2. The van der Waals surface area contributed by atoms with Crippen molar-refractivity contribution in [2.45, 2.75) is 70.8 Å². The van der Waals surface area contributed by atoms with Crippen LogP contribution in [-0.4, -0.2) is 109 Å². The van der Waals surface area contributed by atoms with Crippen LogP contribution in [0.1, 0.15) is 67.3 Å². The van der Waals surface area contributed by atoms with Gasteiger partial charge < -0.3 is 29.7 Å². The summed E-state index contributed by atoms with van der Waals surface area (Å²) in [6.45, 7) is 13.9. The molecule has 8 rings (SSSR count). The van der Waals surface area contributed by atoms with Crippen LogP contribution in [0.5, 0.6) is 5.75 Å². The number of carbonyl (C=O) groups excluding carboxylic acids is 2. The fraction of sp³-hybridized carbons (Fsp3) is 0.438. The topological polar surface area (TPSA) is 145 Å². The van der Waals surface area contributed by atoms with Gasteiger partial charge in [0.25, 0.3) is 0 Å². The first-order chi connectivity index (χ1) is 31.2. The number of imide groups is 1. The Morgan fingerprint density at radius 2 is 1.69 bits per heavy atom. The maximum absolute atomic E-state index is 15.2. The summed E-state index contributed by atoms with van der Waals surface area (Å²) in [5.41, 5.74) is 5.79. The number of amides is 2. The molecule has 2 amide bonds. The zero-order valence-electron chi connectivity index (χ0n) is 37.6. The van der Waals surface area contributed by atoms with Crippen molar-refractivity contribution in [1.29, 1.82) is 0 Å². The molecule has 5 heterocycles. The van der Waals surface area contributed by atoms with E-state index in [9.17, 15) is 14.2 Å². The summed E-state index contributed by atoms with van der Waals surface area (Å²) in [6.07, 6.45) is 6.26. The summed E-state index contributed by atoms with van der Waals surface area (Å²) in [5.74, 6) is -1.94. The highest BCUT2D eigenvalue weighted by atomic mass is 79.9. The molecule has 5 aromatic rings. The average molecular weight is 973 g/mol. The van der Waals surface area contributed by atoms with E-state index >= 15 is 8.78 Å². The van der Waals surface area contributed by atoms with Gasteiger partial charge >= 0.3 is 0 Å². The van der Waals surface area contributed by atoms with Crippen LogP contribution in [0.25, 0.3) is 10.9 Å². The third-order valence-corrected chi connectivity index (χ3v) is 15.1. The zero-order chi connectivity index (χ0) is 46.0. The molecule has 0 radical (unpaired) electrons. The number of ether oxygens (including phenoxy) is 1. The molecule has 3 aliphatic heterocycles. The summed E-state index contributed by atoms with van der Waals surface area (Å²) in [4.78, 5) is 45.4. The summed E-state index contributed by atoms with van der Waals surface area (Å²) < 4.78 is 50.6. The van der Waals surface area contributed by atoms with Crippen molar-refractivity contribution in [2.24, 2.45) is 0 Å². The number of hydrogen-bond donors (Lipinski definition) is 3. The Hall–Kier alpha value is -5.02. The summed E-state index contributed by atoms with van der Waals surface area (Å²) in [6, 6.07) is 15.1. The van der Waals surface area contributed by atoms with E-state index < -0.39 is 36.5 Å². The molecule has 0 saturated carbocycles. The number of pyridine rings is 1. The lowest BCUT2D eigenvalue weighted by molar-refractivity contribution is -0.134. The fourth-order valence-corrected chi connectivity index (χ4v) is 11.4. The van der Waals surface area contributed by atoms with Crippen LogP contribution in [-0.2, 0) is 27.0 Å². The normalized spacial score (nSPS) is 18.2. The Kier molecular flexibility index (Phi) is 14.2. The first kappa shape index (κ1) is 46.5. The molecule has 3 aromatic carbocycles. The number of hydrogen-bond acceptors (Lipinski definition) is 12. The van der Waals surface area contributed by atoms with Crippen LogP contribution < -0.4 is 30.9 Å².